The van der Waals surface area contributed by atoms with Crippen LogP contribution in [0.25, 0.3) is 0 Å². The van der Waals surface area contributed by atoms with Crippen molar-refractivity contribution >= 4 is 5.82 Å². The molecule has 1 heterocycles. The van der Waals surface area contributed by atoms with Crippen molar-refractivity contribution in [2.24, 2.45) is 0 Å². The molecule has 8 heteroatoms. The lowest BCUT2D eigenvalue weighted by Gasteiger charge is -2.11. The van der Waals surface area contributed by atoms with E-state index in [1.807, 2.05) is 0 Å². The SMILES string of the molecule is N#Cc1c(N)ncc(F)c1OC(F)(F)F. The summed E-state index contributed by atoms with van der Waals surface area (Å²) in [7, 11) is 0. The van der Waals surface area contributed by atoms with Crippen LogP contribution < -0.4 is 10.5 Å². The smallest absolute Gasteiger partial charge is 0.401 e. The third kappa shape index (κ3) is 2.46. The third-order valence-electron chi connectivity index (χ3n) is 1.35. The van der Waals surface area contributed by atoms with Crippen LogP contribution in [-0.2, 0) is 0 Å². The number of nitrogen functional groups attached to an aromatic ring is 1. The van der Waals surface area contributed by atoms with E-state index in [0.717, 1.165) is 0 Å². The Balaban J connectivity index is 3.28. The van der Waals surface area contributed by atoms with Crippen molar-refractivity contribution in [2.75, 3.05) is 5.73 Å². The summed E-state index contributed by atoms with van der Waals surface area (Å²) in [5, 5.41) is 8.44. The molecule has 1 rings (SSSR count). The first kappa shape index (κ1) is 11.0. The fourth-order valence-corrected chi connectivity index (χ4v) is 0.809. The van der Waals surface area contributed by atoms with Gasteiger partial charge in [-0.1, -0.05) is 0 Å². The predicted molar refractivity (Wildman–Crippen MR) is 40.0 cm³/mol. The number of rotatable bonds is 1. The molecule has 0 aromatic carbocycles. The van der Waals surface area contributed by atoms with Crippen molar-refractivity contribution in [2.45, 2.75) is 6.36 Å². The van der Waals surface area contributed by atoms with Gasteiger partial charge in [0.1, 0.15) is 17.5 Å². The Hall–Kier alpha value is -2.04. The highest BCUT2D eigenvalue weighted by Crippen LogP contribution is 2.30. The highest BCUT2D eigenvalue weighted by molar-refractivity contribution is 5.56. The Morgan fingerprint density at radius 3 is 2.53 bits per heavy atom. The Morgan fingerprint density at radius 1 is 1.47 bits per heavy atom. The van der Waals surface area contributed by atoms with Gasteiger partial charge >= 0.3 is 6.36 Å². The second-order valence-corrected chi connectivity index (χ2v) is 2.36. The number of hydrogen-bond acceptors (Lipinski definition) is 4. The standard InChI is InChI=1S/C7H3F4N3O/c8-4-2-14-6(13)3(1-12)5(4)15-7(9,10)11/h2H,(H2,13,14). The summed E-state index contributed by atoms with van der Waals surface area (Å²) in [4.78, 5) is 3.17. The fraction of sp³-hybridized carbons (Fsp3) is 0.143. The largest absolute Gasteiger partial charge is 0.573 e. The molecule has 0 bridgehead atoms. The average Bonchev–Trinajstić information content (AvgIpc) is 2.10. The summed E-state index contributed by atoms with van der Waals surface area (Å²) in [6, 6.07) is 1.27. The first-order chi connectivity index (χ1) is 6.85. The first-order valence-electron chi connectivity index (χ1n) is 3.45. The van der Waals surface area contributed by atoms with E-state index in [1.54, 1.807) is 0 Å². The minimum Gasteiger partial charge on any atom is -0.401 e. The molecule has 1 aromatic rings. The van der Waals surface area contributed by atoms with Crippen LogP contribution in [0.15, 0.2) is 6.20 Å². The van der Waals surface area contributed by atoms with Crippen LogP contribution in [0, 0.1) is 17.1 Å². The molecule has 0 aliphatic carbocycles. The van der Waals surface area contributed by atoms with Crippen LogP contribution in [0.3, 0.4) is 0 Å². The molecule has 0 spiro atoms. The lowest BCUT2D eigenvalue weighted by molar-refractivity contribution is -0.275. The van der Waals surface area contributed by atoms with E-state index in [4.69, 9.17) is 11.0 Å². The van der Waals surface area contributed by atoms with Crippen LogP contribution in [0.2, 0.25) is 0 Å². The highest BCUT2D eigenvalue weighted by Gasteiger charge is 2.34. The molecule has 1 aromatic heterocycles. The van der Waals surface area contributed by atoms with Crippen molar-refractivity contribution in [3.63, 3.8) is 0 Å². The highest BCUT2D eigenvalue weighted by atomic mass is 19.4. The van der Waals surface area contributed by atoms with Crippen LogP contribution in [0.4, 0.5) is 23.4 Å². The van der Waals surface area contributed by atoms with Gasteiger partial charge in [0.2, 0.25) is 0 Å². The molecular weight excluding hydrogens is 218 g/mol. The number of ether oxygens (including phenoxy) is 1. The molecule has 15 heavy (non-hydrogen) atoms. The van der Waals surface area contributed by atoms with E-state index < -0.39 is 29.3 Å². The maximum atomic E-state index is 12.9. The molecule has 0 amide bonds. The van der Waals surface area contributed by atoms with Gasteiger partial charge in [0.15, 0.2) is 11.6 Å². The van der Waals surface area contributed by atoms with E-state index in [1.165, 1.54) is 6.07 Å². The second kappa shape index (κ2) is 3.61. The zero-order valence-electron chi connectivity index (χ0n) is 6.97. The molecular formula is C7H3F4N3O. The summed E-state index contributed by atoms with van der Waals surface area (Å²) in [5.74, 6) is -3.20. The van der Waals surface area contributed by atoms with E-state index in [9.17, 15) is 17.6 Å². The molecule has 0 fully saturated rings. The van der Waals surface area contributed by atoms with Gasteiger partial charge in [-0.3, -0.25) is 0 Å². The van der Waals surface area contributed by atoms with E-state index in [2.05, 4.69) is 9.72 Å². The minimum absolute atomic E-state index is 0.442. The number of aromatic nitrogens is 1. The van der Waals surface area contributed by atoms with Crippen molar-refractivity contribution in [3.8, 4) is 11.8 Å². The topological polar surface area (TPSA) is 71.9 Å². The molecule has 0 aliphatic heterocycles. The van der Waals surface area contributed by atoms with Crippen molar-refractivity contribution in [3.05, 3.63) is 17.6 Å². The zero-order chi connectivity index (χ0) is 11.6. The quantitative estimate of drug-likeness (QED) is 0.730. The number of anilines is 1. The number of halogens is 4. The molecule has 0 saturated carbocycles. The van der Waals surface area contributed by atoms with Gasteiger partial charge in [0, 0.05) is 0 Å². The van der Waals surface area contributed by atoms with Gasteiger partial charge in [-0.05, 0) is 0 Å². The van der Waals surface area contributed by atoms with Crippen LogP contribution >= 0.6 is 0 Å². The molecule has 4 nitrogen and oxygen atoms in total. The van der Waals surface area contributed by atoms with Gasteiger partial charge in [-0.2, -0.15) is 5.26 Å². The maximum absolute atomic E-state index is 12.9. The van der Waals surface area contributed by atoms with Gasteiger partial charge < -0.3 is 10.5 Å². The van der Waals surface area contributed by atoms with Crippen LogP contribution in [0.5, 0.6) is 5.75 Å². The van der Waals surface area contributed by atoms with Gasteiger partial charge in [0.25, 0.3) is 0 Å². The van der Waals surface area contributed by atoms with Gasteiger partial charge in [0.05, 0.1) is 6.20 Å². The molecule has 0 saturated heterocycles. The van der Waals surface area contributed by atoms with Crippen molar-refractivity contribution in [1.82, 2.24) is 4.98 Å². The van der Waals surface area contributed by atoms with E-state index in [-0.39, 0.29) is 0 Å². The number of nitriles is 1. The fourth-order valence-electron chi connectivity index (χ4n) is 0.809. The lowest BCUT2D eigenvalue weighted by Crippen LogP contribution is -2.19. The lowest BCUT2D eigenvalue weighted by atomic mass is 10.2. The summed E-state index contributed by atoms with van der Waals surface area (Å²) in [5.41, 5.74) is 4.29. The third-order valence-corrected chi connectivity index (χ3v) is 1.35. The Kier molecular flexibility index (Phi) is 2.65. The summed E-state index contributed by atoms with van der Waals surface area (Å²) in [6.45, 7) is 0. The Bertz CT molecular complexity index is 423. The Morgan fingerprint density at radius 2 is 2.07 bits per heavy atom. The maximum Gasteiger partial charge on any atom is 0.573 e. The van der Waals surface area contributed by atoms with Crippen molar-refractivity contribution < 1.29 is 22.3 Å². The number of nitrogens with two attached hydrogens (primary N) is 1. The molecule has 0 atom stereocenters. The van der Waals surface area contributed by atoms with E-state index in [0.29, 0.717) is 6.20 Å². The summed E-state index contributed by atoms with van der Waals surface area (Å²) < 4.78 is 51.6. The summed E-state index contributed by atoms with van der Waals surface area (Å²) >= 11 is 0. The molecule has 0 unspecified atom stereocenters. The molecule has 0 aliphatic rings. The first-order valence-corrected chi connectivity index (χ1v) is 3.45. The Labute approximate surface area is 80.9 Å². The summed E-state index contributed by atoms with van der Waals surface area (Å²) in [6.07, 6.45) is -4.66. The number of hydrogen-bond donors (Lipinski definition) is 1. The van der Waals surface area contributed by atoms with Crippen LogP contribution in [-0.4, -0.2) is 11.3 Å². The predicted octanol–water partition coefficient (Wildman–Crippen LogP) is 1.57. The number of nitrogens with zero attached hydrogens (tertiary/aromatic N) is 2. The molecule has 80 valence electrons. The normalized spacial score (nSPS) is 10.9. The number of alkyl halides is 3. The van der Waals surface area contributed by atoms with Gasteiger partial charge in [-0.15, -0.1) is 13.2 Å². The van der Waals surface area contributed by atoms with Crippen molar-refractivity contribution in [1.29, 1.82) is 5.26 Å². The van der Waals surface area contributed by atoms with E-state index >= 15 is 0 Å². The van der Waals surface area contributed by atoms with Gasteiger partial charge in [-0.25, -0.2) is 9.37 Å². The second-order valence-electron chi connectivity index (χ2n) is 2.36. The van der Waals surface area contributed by atoms with Crippen LogP contribution in [0.1, 0.15) is 5.56 Å². The average molecular weight is 221 g/mol. The number of pyridine rings is 1. The monoisotopic (exact) mass is 221 g/mol. The molecule has 0 radical (unpaired) electrons. The minimum atomic E-state index is -5.10. The molecule has 2 N–H and O–H groups in total. The zero-order valence-corrected chi connectivity index (χ0v) is 6.97.